The molecule has 2 N–H and O–H groups in total. The van der Waals surface area contributed by atoms with Gasteiger partial charge in [-0.15, -0.1) is 0 Å². The van der Waals surface area contributed by atoms with Gasteiger partial charge in [0.2, 0.25) is 0 Å². The summed E-state index contributed by atoms with van der Waals surface area (Å²) >= 11 is 0. The molecule has 0 fully saturated rings. The molecule has 0 radical (unpaired) electrons. The number of halogens is 1. The molecule has 0 aliphatic heterocycles. The zero-order valence-corrected chi connectivity index (χ0v) is 11.2. The molecule has 0 atom stereocenters. The Morgan fingerprint density at radius 2 is 1.95 bits per heavy atom. The van der Waals surface area contributed by atoms with Crippen molar-refractivity contribution < 1.29 is 12.8 Å². The molecule has 0 amide bonds. The summed E-state index contributed by atoms with van der Waals surface area (Å²) in [4.78, 5) is 3.99. The number of sulfonamides is 1. The minimum absolute atomic E-state index is 0.147. The molecule has 0 saturated heterocycles. The molecule has 0 bridgehead atoms. The highest BCUT2D eigenvalue weighted by Crippen LogP contribution is 2.12. The zero-order valence-electron chi connectivity index (χ0n) is 10.4. The van der Waals surface area contributed by atoms with E-state index in [1.807, 2.05) is 6.92 Å². The smallest absolute Gasteiger partial charge is 0.257 e. The summed E-state index contributed by atoms with van der Waals surface area (Å²) in [5.41, 5.74) is 0.856. The lowest BCUT2D eigenvalue weighted by Gasteiger charge is -2.06. The normalized spacial score (nSPS) is 11.7. The minimum atomic E-state index is -3.81. The second-order valence-corrected chi connectivity index (χ2v) is 5.66. The van der Waals surface area contributed by atoms with E-state index < -0.39 is 10.0 Å². The summed E-state index contributed by atoms with van der Waals surface area (Å²) in [7, 11) is -3.81. The maximum Gasteiger partial charge on any atom is 0.257 e. The number of hydrogen-bond donors (Lipinski definition) is 1. The number of nitrogens with two attached hydrogens (primary N) is 1. The summed E-state index contributed by atoms with van der Waals surface area (Å²) in [5.74, 6) is 0.309. The fourth-order valence-electron chi connectivity index (χ4n) is 1.77. The van der Waals surface area contributed by atoms with Crippen molar-refractivity contribution in [2.75, 3.05) is 0 Å². The van der Waals surface area contributed by atoms with Crippen LogP contribution in [0.3, 0.4) is 0 Å². The van der Waals surface area contributed by atoms with Gasteiger partial charge in [-0.05, 0) is 17.7 Å². The SMILES string of the molecule is CCc1nc(S(N)(=O)=O)cn1Cc1ccc(F)cc1. The highest BCUT2D eigenvalue weighted by atomic mass is 32.2. The van der Waals surface area contributed by atoms with Gasteiger partial charge in [-0.25, -0.2) is 22.9 Å². The van der Waals surface area contributed by atoms with Crippen LogP contribution < -0.4 is 5.14 Å². The number of nitrogens with zero attached hydrogens (tertiary/aromatic N) is 2. The highest BCUT2D eigenvalue weighted by Gasteiger charge is 2.15. The summed E-state index contributed by atoms with van der Waals surface area (Å²) < 4.78 is 37.0. The Bertz CT molecular complexity index is 678. The van der Waals surface area contributed by atoms with Crippen molar-refractivity contribution in [3.8, 4) is 0 Å². The molecule has 1 aromatic carbocycles. The number of imidazole rings is 1. The Hall–Kier alpha value is -1.73. The quantitative estimate of drug-likeness (QED) is 0.918. The molecule has 1 heterocycles. The fourth-order valence-corrected chi connectivity index (χ4v) is 2.28. The van der Waals surface area contributed by atoms with Crippen LogP contribution in [-0.4, -0.2) is 18.0 Å². The van der Waals surface area contributed by atoms with E-state index in [4.69, 9.17) is 5.14 Å². The molecule has 19 heavy (non-hydrogen) atoms. The standard InChI is InChI=1S/C12H14FN3O2S/c1-2-11-15-12(19(14,17)18)8-16(11)7-9-3-5-10(13)6-4-9/h3-6,8H,2,7H2,1H3,(H2,14,17,18). The van der Waals surface area contributed by atoms with Crippen molar-refractivity contribution in [2.24, 2.45) is 5.14 Å². The maximum absolute atomic E-state index is 12.8. The van der Waals surface area contributed by atoms with Crippen LogP contribution in [0, 0.1) is 5.82 Å². The van der Waals surface area contributed by atoms with Crippen molar-refractivity contribution in [2.45, 2.75) is 24.9 Å². The number of aryl methyl sites for hydroxylation is 1. The second-order valence-electron chi connectivity index (χ2n) is 4.15. The molecular formula is C12H14FN3O2S. The topological polar surface area (TPSA) is 78.0 Å². The van der Waals surface area contributed by atoms with Crippen molar-refractivity contribution in [3.63, 3.8) is 0 Å². The van der Waals surface area contributed by atoms with Crippen molar-refractivity contribution >= 4 is 10.0 Å². The van der Waals surface area contributed by atoms with E-state index >= 15 is 0 Å². The first-order valence-electron chi connectivity index (χ1n) is 5.73. The second kappa shape index (κ2) is 5.10. The number of rotatable bonds is 4. The molecule has 0 aliphatic carbocycles. The fraction of sp³-hybridized carbons (Fsp3) is 0.250. The molecule has 0 unspecified atom stereocenters. The Labute approximate surface area is 110 Å². The van der Waals surface area contributed by atoms with Gasteiger partial charge in [-0.3, -0.25) is 0 Å². The van der Waals surface area contributed by atoms with Crippen LogP contribution in [0.2, 0.25) is 0 Å². The first-order chi connectivity index (χ1) is 8.90. The Morgan fingerprint density at radius 3 is 2.47 bits per heavy atom. The molecule has 0 aliphatic rings. The summed E-state index contributed by atoms with van der Waals surface area (Å²) in [5, 5.41) is 4.91. The van der Waals surface area contributed by atoms with Gasteiger partial charge in [0.15, 0.2) is 5.03 Å². The van der Waals surface area contributed by atoms with Gasteiger partial charge in [-0.2, -0.15) is 0 Å². The van der Waals surface area contributed by atoms with Crippen LogP contribution in [0.15, 0.2) is 35.5 Å². The van der Waals surface area contributed by atoms with E-state index in [0.29, 0.717) is 18.8 Å². The number of primary sulfonamides is 1. The van der Waals surface area contributed by atoms with E-state index in [0.717, 1.165) is 5.56 Å². The molecule has 2 aromatic rings. The van der Waals surface area contributed by atoms with Crippen molar-refractivity contribution in [3.05, 3.63) is 47.7 Å². The van der Waals surface area contributed by atoms with Gasteiger partial charge < -0.3 is 4.57 Å². The number of hydrogen-bond acceptors (Lipinski definition) is 3. The average Bonchev–Trinajstić information content (AvgIpc) is 2.75. The molecule has 7 heteroatoms. The van der Waals surface area contributed by atoms with Gasteiger partial charge in [0.25, 0.3) is 10.0 Å². The largest absolute Gasteiger partial charge is 0.329 e. The molecule has 5 nitrogen and oxygen atoms in total. The van der Waals surface area contributed by atoms with Crippen molar-refractivity contribution in [1.29, 1.82) is 0 Å². The average molecular weight is 283 g/mol. The third-order valence-electron chi connectivity index (χ3n) is 2.71. The monoisotopic (exact) mass is 283 g/mol. The van der Waals surface area contributed by atoms with E-state index in [9.17, 15) is 12.8 Å². The molecule has 0 saturated carbocycles. The summed E-state index contributed by atoms with van der Waals surface area (Å²) in [6.07, 6.45) is 1.98. The van der Waals surface area contributed by atoms with E-state index in [2.05, 4.69) is 4.98 Å². The summed E-state index contributed by atoms with van der Waals surface area (Å²) in [6.45, 7) is 2.29. The van der Waals surface area contributed by atoms with Gasteiger partial charge in [0.05, 0.1) is 0 Å². The first kappa shape index (κ1) is 13.7. The predicted molar refractivity (Wildman–Crippen MR) is 68.5 cm³/mol. The first-order valence-corrected chi connectivity index (χ1v) is 7.28. The maximum atomic E-state index is 12.8. The van der Waals surface area contributed by atoms with Crippen LogP contribution >= 0.6 is 0 Å². The Morgan fingerprint density at radius 1 is 1.32 bits per heavy atom. The van der Waals surface area contributed by atoms with Crippen LogP contribution in [0.4, 0.5) is 4.39 Å². The van der Waals surface area contributed by atoms with Crippen LogP contribution in [0.25, 0.3) is 0 Å². The lowest BCUT2D eigenvalue weighted by molar-refractivity contribution is 0.594. The van der Waals surface area contributed by atoms with Crippen LogP contribution in [0.5, 0.6) is 0 Å². The number of aromatic nitrogens is 2. The third-order valence-corrected chi connectivity index (χ3v) is 3.49. The molecule has 1 aromatic heterocycles. The number of benzene rings is 1. The van der Waals surface area contributed by atoms with Gasteiger partial charge >= 0.3 is 0 Å². The summed E-state index contributed by atoms with van der Waals surface area (Å²) in [6, 6.07) is 6.01. The lowest BCUT2D eigenvalue weighted by atomic mass is 10.2. The predicted octanol–water partition coefficient (Wildman–Crippen LogP) is 1.28. The van der Waals surface area contributed by atoms with E-state index in [1.54, 1.807) is 16.7 Å². The lowest BCUT2D eigenvalue weighted by Crippen LogP contribution is -2.12. The minimum Gasteiger partial charge on any atom is -0.329 e. The highest BCUT2D eigenvalue weighted by molar-refractivity contribution is 7.89. The molecule has 102 valence electrons. The van der Waals surface area contributed by atoms with Crippen LogP contribution in [-0.2, 0) is 23.0 Å². The molecule has 0 spiro atoms. The Kier molecular flexibility index (Phi) is 3.68. The molecular weight excluding hydrogens is 269 g/mol. The zero-order chi connectivity index (χ0) is 14.0. The van der Waals surface area contributed by atoms with Gasteiger partial charge in [0, 0.05) is 19.2 Å². The Balaban J connectivity index is 2.34. The van der Waals surface area contributed by atoms with Crippen molar-refractivity contribution in [1.82, 2.24) is 9.55 Å². The van der Waals surface area contributed by atoms with Gasteiger partial charge in [0.1, 0.15) is 11.6 Å². The third kappa shape index (κ3) is 3.18. The van der Waals surface area contributed by atoms with Gasteiger partial charge in [-0.1, -0.05) is 19.1 Å². The van der Waals surface area contributed by atoms with E-state index in [1.165, 1.54) is 18.3 Å². The van der Waals surface area contributed by atoms with Crippen LogP contribution in [0.1, 0.15) is 18.3 Å². The molecule has 2 rings (SSSR count). The van der Waals surface area contributed by atoms with E-state index in [-0.39, 0.29) is 10.8 Å².